The van der Waals surface area contributed by atoms with Gasteiger partial charge in [0.25, 0.3) is 5.91 Å². The van der Waals surface area contributed by atoms with Crippen molar-refractivity contribution in [1.82, 2.24) is 4.98 Å². The Bertz CT molecular complexity index is 1090. The molecular weight excluding hydrogens is 373 g/mol. The molecule has 6 nitrogen and oxygen atoms in total. The van der Waals surface area contributed by atoms with Crippen LogP contribution in [-0.2, 0) is 0 Å². The van der Waals surface area contributed by atoms with E-state index in [4.69, 9.17) is 9.47 Å². The number of amides is 1. The zero-order chi connectivity index (χ0) is 20.5. The van der Waals surface area contributed by atoms with Gasteiger partial charge in [-0.25, -0.2) is 4.39 Å². The molecule has 1 amide bonds. The molecule has 0 saturated heterocycles. The number of anilines is 2. The van der Waals surface area contributed by atoms with Gasteiger partial charge in [0.2, 0.25) is 0 Å². The summed E-state index contributed by atoms with van der Waals surface area (Å²) in [5.74, 6) is 0.494. The number of hydrogen-bond acceptors (Lipinski definition) is 5. The number of aryl methyl sites for hydroxylation is 1. The molecule has 2 aromatic carbocycles. The van der Waals surface area contributed by atoms with Gasteiger partial charge in [0.15, 0.2) is 6.17 Å². The van der Waals surface area contributed by atoms with Gasteiger partial charge >= 0.3 is 0 Å². The minimum Gasteiger partial charge on any atom is -0.497 e. The predicted molar refractivity (Wildman–Crippen MR) is 108 cm³/mol. The minimum atomic E-state index is -0.639. The number of fused-ring (bicyclic) bond motifs is 1. The van der Waals surface area contributed by atoms with Crippen molar-refractivity contribution in [1.29, 1.82) is 0 Å². The van der Waals surface area contributed by atoms with E-state index in [9.17, 15) is 9.18 Å². The molecule has 1 aromatic heterocycles. The number of halogens is 1. The fraction of sp³-hybridized carbons (Fsp3) is 0.182. The molecule has 1 atom stereocenters. The SMILES string of the molecule is COc1ccc(OC)c(N2C(=O)c3cccnc3[C@@H]2Nc2cc(F)ccc2C)c1. The van der Waals surface area contributed by atoms with E-state index < -0.39 is 6.17 Å². The van der Waals surface area contributed by atoms with Crippen LogP contribution in [0.5, 0.6) is 11.5 Å². The molecule has 29 heavy (non-hydrogen) atoms. The summed E-state index contributed by atoms with van der Waals surface area (Å²) >= 11 is 0. The third kappa shape index (κ3) is 3.24. The van der Waals surface area contributed by atoms with Crippen molar-refractivity contribution in [3.63, 3.8) is 0 Å². The number of benzene rings is 2. The Morgan fingerprint density at radius 2 is 1.93 bits per heavy atom. The zero-order valence-corrected chi connectivity index (χ0v) is 16.3. The Balaban J connectivity index is 1.86. The van der Waals surface area contributed by atoms with E-state index in [1.807, 2.05) is 6.92 Å². The Hall–Kier alpha value is -3.61. The van der Waals surface area contributed by atoms with Crippen LogP contribution in [0.25, 0.3) is 0 Å². The van der Waals surface area contributed by atoms with Crippen molar-refractivity contribution in [2.45, 2.75) is 13.1 Å². The summed E-state index contributed by atoms with van der Waals surface area (Å²) in [6.45, 7) is 1.87. The van der Waals surface area contributed by atoms with Crippen LogP contribution in [0.3, 0.4) is 0 Å². The number of nitrogens with one attached hydrogen (secondary N) is 1. The second kappa shape index (κ2) is 7.43. The molecule has 1 N–H and O–H groups in total. The highest BCUT2D eigenvalue weighted by atomic mass is 19.1. The zero-order valence-electron chi connectivity index (χ0n) is 16.3. The van der Waals surface area contributed by atoms with Crippen LogP contribution in [0.15, 0.2) is 54.7 Å². The first-order valence-corrected chi connectivity index (χ1v) is 9.06. The second-order valence-corrected chi connectivity index (χ2v) is 6.66. The van der Waals surface area contributed by atoms with Gasteiger partial charge in [0.1, 0.15) is 17.3 Å². The van der Waals surface area contributed by atoms with E-state index in [0.717, 1.165) is 5.56 Å². The molecule has 0 saturated carbocycles. The maximum Gasteiger partial charge on any atom is 0.262 e. The summed E-state index contributed by atoms with van der Waals surface area (Å²) in [6, 6.07) is 13.2. The summed E-state index contributed by atoms with van der Waals surface area (Å²) in [6.07, 6.45) is 0.992. The third-order valence-corrected chi connectivity index (χ3v) is 4.94. The predicted octanol–water partition coefficient (Wildman–Crippen LogP) is 4.32. The summed E-state index contributed by atoms with van der Waals surface area (Å²) in [5, 5.41) is 3.28. The van der Waals surface area contributed by atoms with Crippen LogP contribution in [-0.4, -0.2) is 25.1 Å². The first kappa shape index (κ1) is 18.7. The van der Waals surface area contributed by atoms with Crippen LogP contribution in [0.1, 0.15) is 27.8 Å². The highest BCUT2D eigenvalue weighted by Gasteiger charge is 2.40. The van der Waals surface area contributed by atoms with E-state index in [1.54, 1.807) is 54.6 Å². The molecule has 0 unspecified atom stereocenters. The third-order valence-electron chi connectivity index (χ3n) is 4.94. The van der Waals surface area contributed by atoms with Crippen LogP contribution in [0.4, 0.5) is 15.8 Å². The van der Waals surface area contributed by atoms with Crippen molar-refractivity contribution >= 4 is 17.3 Å². The Morgan fingerprint density at radius 1 is 1.10 bits per heavy atom. The number of pyridine rings is 1. The summed E-state index contributed by atoms with van der Waals surface area (Å²) in [5.41, 5.74) is 2.99. The van der Waals surface area contributed by atoms with Gasteiger partial charge in [-0.05, 0) is 48.9 Å². The number of ether oxygens (including phenoxy) is 2. The minimum absolute atomic E-state index is 0.230. The molecule has 7 heteroatoms. The van der Waals surface area contributed by atoms with E-state index in [1.165, 1.54) is 19.2 Å². The molecule has 1 aliphatic heterocycles. The van der Waals surface area contributed by atoms with E-state index in [0.29, 0.717) is 34.1 Å². The molecule has 148 valence electrons. The Labute approximate surface area is 167 Å². The van der Waals surface area contributed by atoms with Gasteiger partial charge in [-0.15, -0.1) is 0 Å². The number of carbonyl (C=O) groups is 1. The monoisotopic (exact) mass is 393 g/mol. The van der Waals surface area contributed by atoms with E-state index in [2.05, 4.69) is 10.3 Å². The standard InChI is InChI=1S/C22H20FN3O3/c1-13-6-7-14(23)11-17(13)25-21-20-16(5-4-10-24-20)22(27)26(21)18-12-15(28-2)8-9-19(18)29-3/h4-12,21,25H,1-3H3/t21-/m1/s1. The second-order valence-electron chi connectivity index (χ2n) is 6.66. The quantitative estimate of drug-likeness (QED) is 0.700. The van der Waals surface area contributed by atoms with Gasteiger partial charge < -0.3 is 14.8 Å². The highest BCUT2D eigenvalue weighted by molar-refractivity contribution is 6.11. The molecule has 0 bridgehead atoms. The van der Waals surface area contributed by atoms with Crippen molar-refractivity contribution in [3.8, 4) is 11.5 Å². The number of aromatic nitrogens is 1. The maximum absolute atomic E-state index is 13.9. The van der Waals surface area contributed by atoms with Crippen LogP contribution < -0.4 is 19.7 Å². The average molecular weight is 393 g/mol. The fourth-order valence-corrected chi connectivity index (χ4v) is 3.45. The van der Waals surface area contributed by atoms with Crippen molar-refractivity contribution in [3.05, 3.63) is 77.4 Å². The van der Waals surface area contributed by atoms with Gasteiger partial charge in [-0.3, -0.25) is 14.7 Å². The molecular formula is C22H20FN3O3. The summed E-state index contributed by atoms with van der Waals surface area (Å²) in [7, 11) is 3.09. The number of carbonyl (C=O) groups excluding carboxylic acids is 1. The van der Waals surface area contributed by atoms with Crippen molar-refractivity contribution in [2.24, 2.45) is 0 Å². The normalized spacial score (nSPS) is 15.2. The Morgan fingerprint density at radius 3 is 2.69 bits per heavy atom. The molecule has 2 heterocycles. The molecule has 3 aromatic rings. The number of nitrogens with zero attached hydrogens (tertiary/aromatic N) is 2. The van der Waals surface area contributed by atoms with Crippen LogP contribution in [0, 0.1) is 12.7 Å². The summed E-state index contributed by atoms with van der Waals surface area (Å²) < 4.78 is 24.7. The topological polar surface area (TPSA) is 63.7 Å². The lowest BCUT2D eigenvalue weighted by Crippen LogP contribution is -2.33. The Kier molecular flexibility index (Phi) is 4.80. The van der Waals surface area contributed by atoms with Gasteiger partial charge in [0, 0.05) is 18.0 Å². The molecule has 0 aliphatic carbocycles. The van der Waals surface area contributed by atoms with Gasteiger partial charge in [-0.2, -0.15) is 0 Å². The van der Waals surface area contributed by atoms with E-state index in [-0.39, 0.29) is 11.7 Å². The van der Waals surface area contributed by atoms with E-state index >= 15 is 0 Å². The van der Waals surface area contributed by atoms with Gasteiger partial charge in [0.05, 0.1) is 31.2 Å². The largest absolute Gasteiger partial charge is 0.497 e. The average Bonchev–Trinajstić information content (AvgIpc) is 3.02. The molecule has 0 radical (unpaired) electrons. The number of rotatable bonds is 5. The van der Waals surface area contributed by atoms with Crippen molar-refractivity contribution in [2.75, 3.05) is 24.4 Å². The maximum atomic E-state index is 13.9. The van der Waals surface area contributed by atoms with Gasteiger partial charge in [-0.1, -0.05) is 6.07 Å². The lowest BCUT2D eigenvalue weighted by Gasteiger charge is -2.28. The molecule has 4 rings (SSSR count). The first-order chi connectivity index (χ1) is 14.0. The number of hydrogen-bond donors (Lipinski definition) is 1. The summed E-state index contributed by atoms with van der Waals surface area (Å²) in [4.78, 5) is 19.3. The molecule has 0 fully saturated rings. The lowest BCUT2D eigenvalue weighted by molar-refractivity contribution is 0.0992. The molecule has 0 spiro atoms. The van der Waals surface area contributed by atoms with Crippen LogP contribution in [0.2, 0.25) is 0 Å². The van der Waals surface area contributed by atoms with Crippen molar-refractivity contribution < 1.29 is 18.7 Å². The number of methoxy groups -OCH3 is 2. The lowest BCUT2D eigenvalue weighted by atomic mass is 10.1. The smallest absolute Gasteiger partial charge is 0.262 e. The van der Waals surface area contributed by atoms with Crippen LogP contribution >= 0.6 is 0 Å². The fourth-order valence-electron chi connectivity index (χ4n) is 3.45. The highest BCUT2D eigenvalue weighted by Crippen LogP contribution is 2.42. The first-order valence-electron chi connectivity index (χ1n) is 9.06. The molecule has 1 aliphatic rings.